The topological polar surface area (TPSA) is 92.7 Å². The summed E-state index contributed by atoms with van der Waals surface area (Å²) in [5.74, 6) is -2.01. The van der Waals surface area contributed by atoms with Crippen LogP contribution in [0.5, 0.6) is 5.75 Å². The van der Waals surface area contributed by atoms with Crippen LogP contribution < -0.4 is 5.32 Å². The Morgan fingerprint density at radius 1 is 1.24 bits per heavy atom. The lowest BCUT2D eigenvalue weighted by Gasteiger charge is -2.08. The van der Waals surface area contributed by atoms with Crippen LogP contribution >= 0.6 is 11.6 Å². The van der Waals surface area contributed by atoms with E-state index < -0.39 is 18.4 Å². The third-order valence-corrected chi connectivity index (χ3v) is 4.24. The third kappa shape index (κ3) is 3.34. The minimum absolute atomic E-state index is 0.0745. The molecule has 3 rings (SSSR count). The van der Waals surface area contributed by atoms with E-state index in [2.05, 4.69) is 5.32 Å². The van der Waals surface area contributed by atoms with E-state index in [-0.39, 0.29) is 28.2 Å². The summed E-state index contributed by atoms with van der Waals surface area (Å²) < 4.78 is 4.96. The van der Waals surface area contributed by atoms with E-state index in [4.69, 9.17) is 16.3 Å². The van der Waals surface area contributed by atoms with Crippen LogP contribution in [0.15, 0.2) is 36.4 Å². The highest BCUT2D eigenvalue weighted by Crippen LogP contribution is 2.32. The van der Waals surface area contributed by atoms with E-state index in [9.17, 15) is 19.5 Å². The summed E-state index contributed by atoms with van der Waals surface area (Å²) in [6.07, 6.45) is 0. The number of rotatable bonds is 4. The summed E-state index contributed by atoms with van der Waals surface area (Å²) in [5.41, 5.74) is 1.68. The fourth-order valence-corrected chi connectivity index (χ4v) is 2.73. The number of hydrogen-bond acceptors (Lipinski definition) is 5. The number of phenolic OH excluding ortho intramolecular Hbond substituents is 1. The van der Waals surface area contributed by atoms with Gasteiger partial charge in [0.05, 0.1) is 5.92 Å². The van der Waals surface area contributed by atoms with Gasteiger partial charge in [-0.05, 0) is 48.9 Å². The zero-order valence-electron chi connectivity index (χ0n) is 13.2. The van der Waals surface area contributed by atoms with Crippen LogP contribution in [0.4, 0.5) is 5.69 Å². The number of Topliss-reactive ketones (excluding diaryl/α,β-unsaturated/α-hetero) is 1. The number of amides is 1. The van der Waals surface area contributed by atoms with E-state index in [1.807, 2.05) is 0 Å². The molecule has 128 valence electrons. The van der Waals surface area contributed by atoms with Crippen molar-refractivity contribution in [2.45, 2.75) is 12.8 Å². The highest BCUT2D eigenvalue weighted by atomic mass is 35.5. The maximum atomic E-state index is 12.2. The maximum absolute atomic E-state index is 12.2. The van der Waals surface area contributed by atoms with Crippen LogP contribution in [-0.2, 0) is 9.53 Å². The number of carbonyl (C=O) groups excluding carboxylic acids is 3. The molecule has 1 atom stereocenters. The smallest absolute Gasteiger partial charge is 0.342 e. The number of ether oxygens (including phenoxy) is 1. The first kappa shape index (κ1) is 17.0. The molecule has 0 unspecified atom stereocenters. The number of anilines is 1. The number of hydrogen-bond donors (Lipinski definition) is 2. The van der Waals surface area contributed by atoms with E-state index in [0.29, 0.717) is 11.3 Å². The van der Waals surface area contributed by atoms with Gasteiger partial charge in [0.15, 0.2) is 12.4 Å². The number of phenols is 1. The van der Waals surface area contributed by atoms with Crippen LogP contribution in [-0.4, -0.2) is 29.4 Å². The molecule has 0 bridgehead atoms. The highest BCUT2D eigenvalue weighted by molar-refractivity contribution is 6.30. The molecule has 0 radical (unpaired) electrons. The third-order valence-electron chi connectivity index (χ3n) is 4.01. The second kappa shape index (κ2) is 6.57. The number of nitrogens with one attached hydrogen (secondary N) is 1. The predicted octanol–water partition coefficient (Wildman–Crippen LogP) is 3.14. The summed E-state index contributed by atoms with van der Waals surface area (Å²) in [6.45, 7) is 1.27. The summed E-state index contributed by atoms with van der Waals surface area (Å²) >= 11 is 5.70. The predicted molar refractivity (Wildman–Crippen MR) is 91.2 cm³/mol. The van der Waals surface area contributed by atoms with Crippen molar-refractivity contribution in [1.29, 1.82) is 0 Å². The Balaban J connectivity index is 1.69. The molecule has 0 saturated carbocycles. The van der Waals surface area contributed by atoms with Crippen LogP contribution in [0.1, 0.15) is 39.1 Å². The SMILES string of the molecule is C[C@H]1C(=O)Nc2ccc(C(=O)COC(=O)c3ccc(Cl)cc3O)cc21. The lowest BCUT2D eigenvalue weighted by atomic mass is 9.99. The van der Waals surface area contributed by atoms with Gasteiger partial charge in [0.2, 0.25) is 5.91 Å². The molecule has 1 aliphatic heterocycles. The number of benzene rings is 2. The van der Waals surface area contributed by atoms with Gasteiger partial charge in [-0.15, -0.1) is 0 Å². The summed E-state index contributed by atoms with van der Waals surface area (Å²) in [5, 5.41) is 12.7. The average Bonchev–Trinajstić information content (AvgIpc) is 2.86. The Labute approximate surface area is 148 Å². The second-order valence-electron chi connectivity index (χ2n) is 5.67. The highest BCUT2D eigenvalue weighted by Gasteiger charge is 2.27. The van der Waals surface area contributed by atoms with Gasteiger partial charge in [-0.1, -0.05) is 11.6 Å². The van der Waals surface area contributed by atoms with Crippen molar-refractivity contribution >= 4 is 34.9 Å². The van der Waals surface area contributed by atoms with Crippen LogP contribution in [0, 0.1) is 0 Å². The Morgan fingerprint density at radius 2 is 2.00 bits per heavy atom. The van der Waals surface area contributed by atoms with Crippen molar-refractivity contribution < 1.29 is 24.2 Å². The van der Waals surface area contributed by atoms with Gasteiger partial charge in [0.1, 0.15) is 11.3 Å². The van der Waals surface area contributed by atoms with Crippen molar-refractivity contribution in [2.24, 2.45) is 0 Å². The molecule has 7 heteroatoms. The van der Waals surface area contributed by atoms with Gasteiger partial charge in [-0.25, -0.2) is 4.79 Å². The molecular weight excluding hydrogens is 346 g/mol. The van der Waals surface area contributed by atoms with Gasteiger partial charge < -0.3 is 15.2 Å². The molecule has 0 spiro atoms. The van der Waals surface area contributed by atoms with Crippen molar-refractivity contribution in [3.63, 3.8) is 0 Å². The van der Waals surface area contributed by atoms with Crippen LogP contribution in [0.25, 0.3) is 0 Å². The maximum Gasteiger partial charge on any atom is 0.342 e. The van der Waals surface area contributed by atoms with Gasteiger partial charge in [-0.2, -0.15) is 0 Å². The standard InChI is InChI=1S/C18H14ClNO5/c1-9-13-6-10(2-5-14(13)20-17(9)23)16(22)8-25-18(24)12-4-3-11(19)7-15(12)21/h2-7,9,21H,8H2,1H3,(H,20,23)/t9-/m1/s1. The lowest BCUT2D eigenvalue weighted by Crippen LogP contribution is -2.14. The second-order valence-corrected chi connectivity index (χ2v) is 6.11. The monoisotopic (exact) mass is 359 g/mol. The minimum Gasteiger partial charge on any atom is -0.507 e. The first-order chi connectivity index (χ1) is 11.9. The summed E-state index contributed by atoms with van der Waals surface area (Å²) in [6, 6.07) is 8.80. The molecular formula is C18H14ClNO5. The Kier molecular flexibility index (Phi) is 4.46. The molecule has 0 aromatic heterocycles. The largest absolute Gasteiger partial charge is 0.507 e. The molecule has 25 heavy (non-hydrogen) atoms. The van der Waals surface area contributed by atoms with E-state index in [1.54, 1.807) is 25.1 Å². The van der Waals surface area contributed by atoms with E-state index >= 15 is 0 Å². The molecule has 0 aliphatic carbocycles. The number of esters is 1. The number of fused-ring (bicyclic) bond motifs is 1. The van der Waals surface area contributed by atoms with E-state index in [0.717, 1.165) is 5.56 Å². The number of ketones is 1. The zero-order chi connectivity index (χ0) is 18.1. The molecule has 2 N–H and O–H groups in total. The van der Waals surface area contributed by atoms with Crippen molar-refractivity contribution in [1.82, 2.24) is 0 Å². The Bertz CT molecular complexity index is 893. The zero-order valence-corrected chi connectivity index (χ0v) is 14.0. The molecule has 2 aromatic rings. The molecule has 0 fully saturated rings. The Morgan fingerprint density at radius 3 is 2.72 bits per heavy atom. The summed E-state index contributed by atoms with van der Waals surface area (Å²) in [7, 11) is 0. The summed E-state index contributed by atoms with van der Waals surface area (Å²) in [4.78, 5) is 35.8. The molecule has 1 amide bonds. The number of halogens is 1. The molecule has 1 aliphatic rings. The van der Waals surface area contributed by atoms with E-state index in [1.165, 1.54) is 18.2 Å². The first-order valence-electron chi connectivity index (χ1n) is 7.50. The molecule has 6 nitrogen and oxygen atoms in total. The fourth-order valence-electron chi connectivity index (χ4n) is 2.56. The van der Waals surface area contributed by atoms with Crippen molar-refractivity contribution in [2.75, 3.05) is 11.9 Å². The van der Waals surface area contributed by atoms with Crippen LogP contribution in [0.3, 0.4) is 0 Å². The first-order valence-corrected chi connectivity index (χ1v) is 7.88. The average molecular weight is 360 g/mol. The van der Waals surface area contributed by atoms with Crippen molar-refractivity contribution in [3.05, 3.63) is 58.1 Å². The quantitative estimate of drug-likeness (QED) is 0.646. The molecule has 1 heterocycles. The lowest BCUT2D eigenvalue weighted by molar-refractivity contribution is -0.116. The van der Waals surface area contributed by atoms with Gasteiger partial charge >= 0.3 is 5.97 Å². The van der Waals surface area contributed by atoms with Gasteiger partial charge in [0, 0.05) is 16.3 Å². The number of carbonyl (C=O) groups is 3. The fraction of sp³-hybridized carbons (Fsp3) is 0.167. The molecule has 0 saturated heterocycles. The molecule has 2 aromatic carbocycles. The number of aromatic hydroxyl groups is 1. The van der Waals surface area contributed by atoms with Crippen LogP contribution in [0.2, 0.25) is 5.02 Å². The van der Waals surface area contributed by atoms with Gasteiger partial charge in [0.25, 0.3) is 0 Å². The minimum atomic E-state index is -0.825. The van der Waals surface area contributed by atoms with Gasteiger partial charge in [-0.3, -0.25) is 9.59 Å². The Hall–Kier alpha value is -2.86. The van der Waals surface area contributed by atoms with Crippen molar-refractivity contribution in [3.8, 4) is 5.75 Å². The normalized spacial score (nSPS) is 15.4.